The van der Waals surface area contributed by atoms with Crippen LogP contribution in [0, 0.1) is 10.1 Å². The van der Waals surface area contributed by atoms with Crippen molar-refractivity contribution in [1.82, 2.24) is 5.32 Å². The van der Waals surface area contributed by atoms with Crippen molar-refractivity contribution in [1.29, 1.82) is 0 Å². The van der Waals surface area contributed by atoms with Gasteiger partial charge in [0.2, 0.25) is 0 Å². The molecule has 19 heavy (non-hydrogen) atoms. The normalized spacial score (nSPS) is 8.26. The highest BCUT2D eigenvalue weighted by molar-refractivity contribution is 5.94. The van der Waals surface area contributed by atoms with Gasteiger partial charge in [-0.05, 0) is 18.6 Å². The summed E-state index contributed by atoms with van der Waals surface area (Å²) in [7, 11) is 0. The third-order valence-electron chi connectivity index (χ3n) is 1.88. The first-order chi connectivity index (χ1) is 9.15. The zero-order valence-corrected chi connectivity index (χ0v) is 12.4. The van der Waals surface area contributed by atoms with Crippen molar-refractivity contribution in [3.8, 4) is 0 Å². The van der Waals surface area contributed by atoms with Crippen LogP contribution in [0.1, 0.15) is 51.4 Å². The molecule has 0 radical (unpaired) electrons. The molecule has 0 saturated carbocycles. The van der Waals surface area contributed by atoms with Crippen LogP contribution in [0.15, 0.2) is 24.3 Å². The monoisotopic (exact) mass is 268 g/mol. The number of amides is 1. The maximum Gasteiger partial charge on any atom is 0.269 e. The lowest BCUT2D eigenvalue weighted by molar-refractivity contribution is -0.384. The summed E-state index contributed by atoms with van der Waals surface area (Å²) in [6.07, 6.45) is 0.860. The van der Waals surface area contributed by atoms with Gasteiger partial charge in [-0.15, -0.1) is 0 Å². The van der Waals surface area contributed by atoms with Crippen molar-refractivity contribution in [2.75, 3.05) is 6.54 Å². The van der Waals surface area contributed by atoms with E-state index < -0.39 is 4.92 Å². The minimum Gasteiger partial charge on any atom is -0.352 e. The molecule has 0 bridgehead atoms. The Morgan fingerprint density at radius 3 is 2.00 bits per heavy atom. The van der Waals surface area contributed by atoms with Crippen molar-refractivity contribution in [3.05, 3.63) is 39.9 Å². The Bertz CT molecular complexity index is 361. The van der Waals surface area contributed by atoms with E-state index in [4.69, 9.17) is 0 Å². The minimum absolute atomic E-state index is 0.0120. The van der Waals surface area contributed by atoms with Gasteiger partial charge >= 0.3 is 0 Å². The fourth-order valence-electron chi connectivity index (χ4n) is 1.08. The van der Waals surface area contributed by atoms with Crippen LogP contribution in [0.4, 0.5) is 5.69 Å². The van der Waals surface area contributed by atoms with Gasteiger partial charge in [-0.25, -0.2) is 0 Å². The van der Waals surface area contributed by atoms with E-state index in [1.165, 1.54) is 24.3 Å². The summed E-state index contributed by atoms with van der Waals surface area (Å²) >= 11 is 0. The number of nitrogens with zero attached hydrogens (tertiary/aromatic N) is 1. The van der Waals surface area contributed by atoms with Crippen molar-refractivity contribution in [2.24, 2.45) is 0 Å². The molecular weight excluding hydrogens is 244 g/mol. The number of nitro groups is 1. The molecule has 1 aromatic carbocycles. The SMILES string of the molecule is CC.CC.CCCNC(=O)c1ccc([N+](=O)[O-])cc1. The standard InChI is InChI=1S/C10H12N2O3.2C2H6/c1-2-7-11-10(13)8-3-5-9(6-4-8)12(14)15;2*1-2/h3-6H,2,7H2,1H3,(H,11,13);2*1-2H3. The number of nitro benzene ring substituents is 1. The Morgan fingerprint density at radius 2 is 1.63 bits per heavy atom. The average Bonchev–Trinajstić information content (AvgIpc) is 2.49. The minimum atomic E-state index is -0.492. The number of benzene rings is 1. The summed E-state index contributed by atoms with van der Waals surface area (Å²) in [5.41, 5.74) is 0.427. The Morgan fingerprint density at radius 1 is 1.16 bits per heavy atom. The summed E-state index contributed by atoms with van der Waals surface area (Å²) in [6, 6.07) is 5.54. The number of nitrogens with one attached hydrogen (secondary N) is 1. The molecule has 0 heterocycles. The number of hydrogen-bond donors (Lipinski definition) is 1. The van der Waals surface area contributed by atoms with Crippen molar-refractivity contribution in [2.45, 2.75) is 41.0 Å². The summed E-state index contributed by atoms with van der Waals surface area (Å²) in [5.74, 6) is -0.202. The largest absolute Gasteiger partial charge is 0.352 e. The van der Waals surface area contributed by atoms with Gasteiger partial charge in [0.05, 0.1) is 4.92 Å². The molecule has 0 aromatic heterocycles. The molecule has 1 aromatic rings. The topological polar surface area (TPSA) is 72.2 Å². The number of carbonyl (C=O) groups is 1. The summed E-state index contributed by atoms with van der Waals surface area (Å²) in [4.78, 5) is 21.3. The fourth-order valence-corrected chi connectivity index (χ4v) is 1.08. The first-order valence-corrected chi connectivity index (χ1v) is 6.67. The van der Waals surface area contributed by atoms with Crippen molar-refractivity contribution >= 4 is 11.6 Å². The quantitative estimate of drug-likeness (QED) is 0.667. The highest BCUT2D eigenvalue weighted by Crippen LogP contribution is 2.11. The van der Waals surface area contributed by atoms with Gasteiger partial charge in [-0.2, -0.15) is 0 Å². The predicted molar refractivity (Wildman–Crippen MR) is 78.4 cm³/mol. The molecule has 1 N–H and O–H groups in total. The third kappa shape index (κ3) is 7.91. The van der Waals surface area contributed by atoms with Crippen LogP contribution in [0.5, 0.6) is 0 Å². The van der Waals surface area contributed by atoms with E-state index in [1.54, 1.807) is 0 Å². The lowest BCUT2D eigenvalue weighted by Gasteiger charge is -2.02. The lowest BCUT2D eigenvalue weighted by Crippen LogP contribution is -2.23. The van der Waals surface area contributed by atoms with Crippen molar-refractivity contribution < 1.29 is 9.72 Å². The molecule has 0 saturated heterocycles. The van der Waals surface area contributed by atoms with Crippen molar-refractivity contribution in [3.63, 3.8) is 0 Å². The van der Waals surface area contributed by atoms with E-state index in [0.717, 1.165) is 6.42 Å². The van der Waals surface area contributed by atoms with Gasteiger partial charge in [0.25, 0.3) is 11.6 Å². The van der Waals surface area contributed by atoms with Crippen LogP contribution in [-0.2, 0) is 0 Å². The molecule has 0 aliphatic carbocycles. The van der Waals surface area contributed by atoms with E-state index in [0.29, 0.717) is 12.1 Å². The second-order valence-electron chi connectivity index (χ2n) is 3.06. The lowest BCUT2D eigenvalue weighted by atomic mass is 10.2. The van der Waals surface area contributed by atoms with Crippen LogP contribution in [0.2, 0.25) is 0 Å². The smallest absolute Gasteiger partial charge is 0.269 e. The van der Waals surface area contributed by atoms with Crippen LogP contribution >= 0.6 is 0 Å². The summed E-state index contributed by atoms with van der Waals surface area (Å²) in [6.45, 7) is 10.6. The molecule has 5 heteroatoms. The van der Waals surface area contributed by atoms with Crippen LogP contribution in [0.25, 0.3) is 0 Å². The first-order valence-electron chi connectivity index (χ1n) is 6.67. The van der Waals surface area contributed by atoms with Crippen LogP contribution in [0.3, 0.4) is 0 Å². The first kappa shape index (κ1) is 19.4. The van der Waals surface area contributed by atoms with Gasteiger partial charge < -0.3 is 5.32 Å². The molecule has 0 aliphatic rings. The van der Waals surface area contributed by atoms with Crippen LogP contribution in [-0.4, -0.2) is 17.4 Å². The second kappa shape index (κ2) is 12.5. The molecule has 1 amide bonds. The molecule has 0 unspecified atom stereocenters. The Hall–Kier alpha value is -1.91. The average molecular weight is 268 g/mol. The van der Waals surface area contributed by atoms with E-state index in [9.17, 15) is 14.9 Å². The predicted octanol–water partition coefficient (Wildman–Crippen LogP) is 3.79. The molecule has 0 fully saturated rings. The molecular formula is C14H24N2O3. The Labute approximate surface area is 115 Å². The van der Waals surface area contributed by atoms with E-state index in [-0.39, 0.29) is 11.6 Å². The van der Waals surface area contributed by atoms with Gasteiger partial charge in [-0.1, -0.05) is 34.6 Å². The Kier molecular flexibility index (Phi) is 12.8. The number of hydrogen-bond acceptors (Lipinski definition) is 3. The molecule has 0 aliphatic heterocycles. The summed E-state index contributed by atoms with van der Waals surface area (Å²) < 4.78 is 0. The molecule has 0 atom stereocenters. The number of rotatable bonds is 4. The highest BCUT2D eigenvalue weighted by Gasteiger charge is 2.08. The summed E-state index contributed by atoms with van der Waals surface area (Å²) in [5, 5.41) is 13.0. The zero-order chi connectivity index (χ0) is 15.3. The van der Waals surface area contributed by atoms with Gasteiger partial charge in [0, 0.05) is 24.2 Å². The molecule has 1 rings (SSSR count). The fraction of sp³-hybridized carbons (Fsp3) is 0.500. The van der Waals surface area contributed by atoms with Gasteiger partial charge in [0.15, 0.2) is 0 Å². The highest BCUT2D eigenvalue weighted by atomic mass is 16.6. The second-order valence-corrected chi connectivity index (χ2v) is 3.06. The molecule has 108 valence electrons. The van der Waals surface area contributed by atoms with E-state index >= 15 is 0 Å². The zero-order valence-electron chi connectivity index (χ0n) is 12.4. The van der Waals surface area contributed by atoms with Gasteiger partial charge in [0.1, 0.15) is 0 Å². The van der Waals surface area contributed by atoms with E-state index in [1.807, 2.05) is 34.6 Å². The van der Waals surface area contributed by atoms with Gasteiger partial charge in [-0.3, -0.25) is 14.9 Å². The Balaban J connectivity index is 0. The molecule has 5 nitrogen and oxygen atoms in total. The number of non-ortho nitro benzene ring substituents is 1. The third-order valence-corrected chi connectivity index (χ3v) is 1.88. The van der Waals surface area contributed by atoms with Crippen LogP contribution < -0.4 is 5.32 Å². The van der Waals surface area contributed by atoms with E-state index in [2.05, 4.69) is 5.32 Å². The molecule has 0 spiro atoms. The maximum atomic E-state index is 11.4. The maximum absolute atomic E-state index is 11.4. The number of carbonyl (C=O) groups excluding carboxylic acids is 1.